The number of carbonyl (C=O) groups is 2. The van der Waals surface area contributed by atoms with Crippen LogP contribution in [0.15, 0.2) is 41.3 Å². The summed E-state index contributed by atoms with van der Waals surface area (Å²) < 4.78 is 27.6. The summed E-state index contributed by atoms with van der Waals surface area (Å²) in [6, 6.07) is 9.87. The number of anilines is 1. The number of piperidine rings is 1. The molecule has 2 aliphatic heterocycles. The Morgan fingerprint density at radius 3 is 2.59 bits per heavy atom. The van der Waals surface area contributed by atoms with Crippen LogP contribution in [0.5, 0.6) is 0 Å². The Morgan fingerprint density at radius 2 is 1.83 bits per heavy atom. The highest BCUT2D eigenvalue weighted by Gasteiger charge is 2.28. The minimum absolute atomic E-state index is 0.165. The molecule has 0 spiro atoms. The Balaban J connectivity index is 1.59. The molecule has 2 aliphatic rings. The average molecular weight is 413 g/mol. The molecule has 0 aromatic heterocycles. The SMILES string of the molecule is Cc1ccc(C(=O)Nc2ccc3c(c2)C(=O)NC3)cc1S(=O)(=O)N1CCCCC1. The smallest absolute Gasteiger partial charge is 0.255 e. The second kappa shape index (κ2) is 7.61. The number of carbonyl (C=O) groups excluding carboxylic acids is 2. The van der Waals surface area contributed by atoms with E-state index in [1.807, 2.05) is 0 Å². The fraction of sp³-hybridized carbons (Fsp3) is 0.333. The third-order valence-electron chi connectivity index (χ3n) is 5.43. The number of hydrogen-bond donors (Lipinski definition) is 2. The zero-order valence-electron chi connectivity index (χ0n) is 16.2. The fourth-order valence-electron chi connectivity index (χ4n) is 3.76. The molecule has 4 rings (SSSR count). The van der Waals surface area contributed by atoms with Crippen molar-refractivity contribution >= 4 is 27.5 Å². The van der Waals surface area contributed by atoms with Crippen molar-refractivity contribution in [1.82, 2.24) is 9.62 Å². The van der Waals surface area contributed by atoms with Gasteiger partial charge in [0.25, 0.3) is 11.8 Å². The summed E-state index contributed by atoms with van der Waals surface area (Å²) in [6.07, 6.45) is 2.74. The van der Waals surface area contributed by atoms with E-state index in [1.165, 1.54) is 10.4 Å². The van der Waals surface area contributed by atoms with Crippen molar-refractivity contribution in [2.45, 2.75) is 37.6 Å². The summed E-state index contributed by atoms with van der Waals surface area (Å²) in [6.45, 7) is 3.24. The maximum Gasteiger partial charge on any atom is 0.255 e. The van der Waals surface area contributed by atoms with Gasteiger partial charge >= 0.3 is 0 Å². The number of sulfonamides is 1. The Kier molecular flexibility index (Phi) is 5.14. The standard InChI is InChI=1S/C21H23N3O4S/c1-14-5-6-15(11-19(14)29(27,28)24-9-3-2-4-10-24)20(25)23-17-8-7-16-13-22-21(26)18(16)12-17/h5-8,11-12H,2-4,9-10,13H2,1H3,(H,22,26)(H,23,25). The van der Waals surface area contributed by atoms with Crippen LogP contribution in [0, 0.1) is 6.92 Å². The summed E-state index contributed by atoms with van der Waals surface area (Å²) in [5.74, 6) is -0.584. The van der Waals surface area contributed by atoms with Gasteiger partial charge in [-0.1, -0.05) is 18.6 Å². The summed E-state index contributed by atoms with van der Waals surface area (Å²) in [5.41, 5.74) is 2.79. The Labute approximate surface area is 170 Å². The molecule has 8 heteroatoms. The molecule has 7 nitrogen and oxygen atoms in total. The van der Waals surface area contributed by atoms with E-state index in [9.17, 15) is 18.0 Å². The van der Waals surface area contributed by atoms with Crippen molar-refractivity contribution in [1.29, 1.82) is 0 Å². The summed E-state index contributed by atoms with van der Waals surface area (Å²) in [5, 5.41) is 5.49. The first kappa shape index (κ1) is 19.6. The number of amides is 2. The molecule has 0 atom stereocenters. The third-order valence-corrected chi connectivity index (χ3v) is 7.48. The molecule has 2 heterocycles. The number of rotatable bonds is 4. The highest BCUT2D eigenvalue weighted by molar-refractivity contribution is 7.89. The molecule has 0 saturated carbocycles. The molecule has 2 aromatic carbocycles. The van der Waals surface area contributed by atoms with Crippen LogP contribution in [-0.4, -0.2) is 37.6 Å². The van der Waals surface area contributed by atoms with Crippen molar-refractivity contribution < 1.29 is 18.0 Å². The average Bonchev–Trinajstić information content (AvgIpc) is 3.09. The van der Waals surface area contributed by atoms with E-state index in [4.69, 9.17) is 0 Å². The van der Waals surface area contributed by atoms with Gasteiger partial charge in [0.1, 0.15) is 0 Å². The van der Waals surface area contributed by atoms with E-state index in [1.54, 1.807) is 37.3 Å². The molecular formula is C21H23N3O4S. The number of aryl methyl sites for hydroxylation is 1. The second-order valence-electron chi connectivity index (χ2n) is 7.45. The first-order valence-corrected chi connectivity index (χ1v) is 11.1. The van der Waals surface area contributed by atoms with Crippen LogP contribution in [0.2, 0.25) is 0 Å². The van der Waals surface area contributed by atoms with Crippen molar-refractivity contribution in [3.63, 3.8) is 0 Å². The first-order valence-electron chi connectivity index (χ1n) is 9.69. The second-order valence-corrected chi connectivity index (χ2v) is 9.36. The molecular weight excluding hydrogens is 390 g/mol. The van der Waals surface area contributed by atoms with Gasteiger partial charge in [-0.15, -0.1) is 0 Å². The van der Waals surface area contributed by atoms with E-state index in [2.05, 4.69) is 10.6 Å². The lowest BCUT2D eigenvalue weighted by atomic mass is 10.1. The molecule has 1 fully saturated rings. The van der Waals surface area contributed by atoms with Gasteiger partial charge in [0.15, 0.2) is 0 Å². The minimum Gasteiger partial charge on any atom is -0.348 e. The van der Waals surface area contributed by atoms with E-state index in [-0.39, 0.29) is 16.4 Å². The van der Waals surface area contributed by atoms with Gasteiger partial charge in [-0.2, -0.15) is 4.31 Å². The minimum atomic E-state index is -3.64. The van der Waals surface area contributed by atoms with Crippen LogP contribution in [0.3, 0.4) is 0 Å². The maximum absolute atomic E-state index is 13.1. The van der Waals surface area contributed by atoms with E-state index in [0.29, 0.717) is 36.4 Å². The van der Waals surface area contributed by atoms with Gasteiger partial charge in [-0.05, 0) is 55.2 Å². The van der Waals surface area contributed by atoms with Crippen molar-refractivity contribution in [2.75, 3.05) is 18.4 Å². The number of benzene rings is 2. The quantitative estimate of drug-likeness (QED) is 0.806. The van der Waals surface area contributed by atoms with Crippen molar-refractivity contribution in [3.05, 3.63) is 58.7 Å². The lowest BCUT2D eigenvalue weighted by Crippen LogP contribution is -2.36. The number of nitrogens with zero attached hydrogens (tertiary/aromatic N) is 1. The van der Waals surface area contributed by atoms with Crippen LogP contribution in [0.4, 0.5) is 5.69 Å². The molecule has 1 saturated heterocycles. The molecule has 0 radical (unpaired) electrons. The normalized spacial score (nSPS) is 16.9. The molecule has 0 bridgehead atoms. The van der Waals surface area contributed by atoms with Gasteiger partial charge in [0.2, 0.25) is 10.0 Å². The van der Waals surface area contributed by atoms with Crippen LogP contribution in [0.25, 0.3) is 0 Å². The summed E-state index contributed by atoms with van der Waals surface area (Å²) in [7, 11) is -3.64. The fourth-order valence-corrected chi connectivity index (χ4v) is 5.53. The van der Waals surface area contributed by atoms with Gasteiger partial charge in [0, 0.05) is 36.4 Å². The number of nitrogens with one attached hydrogen (secondary N) is 2. The first-order chi connectivity index (χ1) is 13.9. The highest BCUT2D eigenvalue weighted by Crippen LogP contribution is 2.25. The number of fused-ring (bicyclic) bond motifs is 1. The van der Waals surface area contributed by atoms with Crippen molar-refractivity contribution in [3.8, 4) is 0 Å². The van der Waals surface area contributed by atoms with Crippen LogP contribution in [-0.2, 0) is 16.6 Å². The van der Waals surface area contributed by atoms with Gasteiger partial charge in [0.05, 0.1) is 4.90 Å². The monoisotopic (exact) mass is 413 g/mol. The zero-order valence-corrected chi connectivity index (χ0v) is 17.0. The van der Waals surface area contributed by atoms with E-state index >= 15 is 0 Å². The predicted octanol–water partition coefficient (Wildman–Crippen LogP) is 2.67. The molecule has 2 N–H and O–H groups in total. The molecule has 152 valence electrons. The zero-order chi connectivity index (χ0) is 20.6. The van der Waals surface area contributed by atoms with Crippen LogP contribution < -0.4 is 10.6 Å². The summed E-state index contributed by atoms with van der Waals surface area (Å²) in [4.78, 5) is 24.7. The maximum atomic E-state index is 13.1. The Hall–Kier alpha value is -2.71. The summed E-state index contributed by atoms with van der Waals surface area (Å²) >= 11 is 0. The van der Waals surface area contributed by atoms with Crippen molar-refractivity contribution in [2.24, 2.45) is 0 Å². The highest BCUT2D eigenvalue weighted by atomic mass is 32.2. The predicted molar refractivity (Wildman–Crippen MR) is 109 cm³/mol. The molecule has 0 aliphatic carbocycles. The van der Waals surface area contributed by atoms with Gasteiger partial charge in [-0.3, -0.25) is 9.59 Å². The largest absolute Gasteiger partial charge is 0.348 e. The molecule has 29 heavy (non-hydrogen) atoms. The lowest BCUT2D eigenvalue weighted by Gasteiger charge is -2.26. The van der Waals surface area contributed by atoms with Crippen LogP contribution in [0.1, 0.15) is 51.1 Å². The lowest BCUT2D eigenvalue weighted by molar-refractivity contribution is 0.0964. The van der Waals surface area contributed by atoms with Gasteiger partial charge in [-0.25, -0.2) is 8.42 Å². The topological polar surface area (TPSA) is 95.6 Å². The van der Waals surface area contributed by atoms with E-state index < -0.39 is 15.9 Å². The van der Waals surface area contributed by atoms with Crippen LogP contribution >= 0.6 is 0 Å². The number of hydrogen-bond acceptors (Lipinski definition) is 4. The Bertz CT molecular complexity index is 1090. The molecule has 2 amide bonds. The van der Waals surface area contributed by atoms with Gasteiger partial charge < -0.3 is 10.6 Å². The molecule has 2 aromatic rings. The Morgan fingerprint density at radius 1 is 1.07 bits per heavy atom. The van der Waals surface area contributed by atoms with E-state index in [0.717, 1.165) is 24.8 Å². The third kappa shape index (κ3) is 3.77. The molecule has 0 unspecified atom stereocenters.